The molecule has 1 saturated heterocycles. The number of rotatable bonds is 2. The van der Waals surface area contributed by atoms with Gasteiger partial charge >= 0.3 is 5.97 Å². The van der Waals surface area contributed by atoms with Gasteiger partial charge in [-0.2, -0.15) is 11.8 Å². The molecule has 0 radical (unpaired) electrons. The molecule has 4 nitrogen and oxygen atoms in total. The second-order valence-electron chi connectivity index (χ2n) is 5.74. The number of hydrogen-bond acceptors (Lipinski definition) is 5. The lowest BCUT2D eigenvalue weighted by Crippen LogP contribution is -2.26. The highest BCUT2D eigenvalue weighted by atomic mass is 32.2. The van der Waals surface area contributed by atoms with Crippen LogP contribution in [0.5, 0.6) is 0 Å². The fraction of sp³-hybridized carbons (Fsp3) is 0.667. The summed E-state index contributed by atoms with van der Waals surface area (Å²) in [5.41, 5.74) is 3.13. The topological polar surface area (TPSA) is 63.1 Å². The van der Waals surface area contributed by atoms with Crippen molar-refractivity contribution in [3.63, 3.8) is 0 Å². The Balaban J connectivity index is 1.90. The van der Waals surface area contributed by atoms with Crippen molar-refractivity contribution in [3.8, 4) is 0 Å². The molecule has 1 aromatic heterocycles. The van der Waals surface area contributed by atoms with Gasteiger partial charge in [0.15, 0.2) is 0 Å². The third-order valence-electron chi connectivity index (χ3n) is 4.29. The highest BCUT2D eigenvalue weighted by molar-refractivity contribution is 8.06. The molecule has 3 atom stereocenters. The van der Waals surface area contributed by atoms with Gasteiger partial charge in [0.2, 0.25) is 0 Å². The van der Waals surface area contributed by atoms with E-state index in [1.165, 1.54) is 5.75 Å². The molecule has 1 aliphatic heterocycles. The molecule has 0 bridgehead atoms. The molecule has 3 unspecified atom stereocenters. The van der Waals surface area contributed by atoms with E-state index in [0.717, 1.165) is 34.9 Å². The van der Waals surface area contributed by atoms with Crippen molar-refractivity contribution in [3.05, 3.63) is 22.8 Å². The smallest absolute Gasteiger partial charge is 0.306 e. The number of fused-ring (bicyclic) bond motifs is 1. The molecule has 1 aliphatic carbocycles. The number of nitrogens with zero attached hydrogens (tertiary/aromatic N) is 2. The first kappa shape index (κ1) is 15.2. The Kier molecular flexibility index (Phi) is 4.45. The van der Waals surface area contributed by atoms with Crippen LogP contribution in [-0.2, 0) is 17.6 Å². The average Bonchev–Trinajstić information content (AvgIpc) is 2.47. The average molecular weight is 324 g/mol. The highest BCUT2D eigenvalue weighted by Gasteiger charge is 2.31. The van der Waals surface area contributed by atoms with Crippen LogP contribution in [0.15, 0.2) is 0 Å². The predicted molar refractivity (Wildman–Crippen MR) is 87.0 cm³/mol. The van der Waals surface area contributed by atoms with Crippen LogP contribution < -0.4 is 0 Å². The minimum atomic E-state index is -0.697. The predicted octanol–water partition coefficient (Wildman–Crippen LogP) is 2.88. The van der Waals surface area contributed by atoms with Gasteiger partial charge in [-0.1, -0.05) is 6.92 Å². The van der Waals surface area contributed by atoms with E-state index < -0.39 is 5.97 Å². The fourth-order valence-electron chi connectivity index (χ4n) is 3.07. The molecule has 1 N–H and O–H groups in total. The van der Waals surface area contributed by atoms with Gasteiger partial charge in [-0.05, 0) is 31.7 Å². The van der Waals surface area contributed by atoms with Crippen LogP contribution in [-0.4, -0.2) is 37.8 Å². The molecule has 6 heteroatoms. The Morgan fingerprint density at radius 1 is 1.29 bits per heavy atom. The quantitative estimate of drug-likeness (QED) is 0.902. The number of carbonyl (C=O) groups is 1. The van der Waals surface area contributed by atoms with E-state index in [0.29, 0.717) is 23.3 Å². The van der Waals surface area contributed by atoms with E-state index in [-0.39, 0.29) is 5.92 Å². The second-order valence-corrected chi connectivity index (χ2v) is 8.47. The Morgan fingerprint density at radius 2 is 2.05 bits per heavy atom. The highest BCUT2D eigenvalue weighted by Crippen LogP contribution is 2.41. The SMILES string of the molecule is Cc1nc(C2SCCSC2C)nc2c1CC(C(=O)O)CC2. The third kappa shape index (κ3) is 3.06. The van der Waals surface area contributed by atoms with Crippen LogP contribution in [0.1, 0.15) is 41.4 Å². The molecule has 2 aliphatic rings. The number of carboxylic acids is 1. The van der Waals surface area contributed by atoms with Gasteiger partial charge in [0, 0.05) is 28.1 Å². The largest absolute Gasteiger partial charge is 0.481 e. The molecule has 0 aromatic carbocycles. The molecular weight excluding hydrogens is 304 g/mol. The summed E-state index contributed by atoms with van der Waals surface area (Å²) in [5, 5.41) is 10.1. The number of carboxylic acid groups (broad SMARTS) is 1. The summed E-state index contributed by atoms with van der Waals surface area (Å²) in [4.78, 5) is 20.7. The van der Waals surface area contributed by atoms with Crippen molar-refractivity contribution in [1.29, 1.82) is 0 Å². The standard InChI is InChI=1S/C15H20N2O2S2/c1-8-11-7-10(15(18)19)3-4-12(11)17-14(16-8)13-9(2)20-5-6-21-13/h9-10,13H,3-7H2,1-2H3,(H,18,19). The molecule has 0 spiro atoms. The minimum absolute atomic E-state index is 0.274. The van der Waals surface area contributed by atoms with Crippen molar-refractivity contribution in [2.24, 2.45) is 5.92 Å². The monoisotopic (exact) mass is 324 g/mol. The maximum absolute atomic E-state index is 11.2. The number of aryl methyl sites for hydroxylation is 2. The summed E-state index contributed by atoms with van der Waals surface area (Å²) in [6, 6.07) is 0. The number of hydrogen-bond donors (Lipinski definition) is 1. The summed E-state index contributed by atoms with van der Waals surface area (Å²) in [6.45, 7) is 4.25. The first-order valence-corrected chi connectivity index (χ1v) is 9.48. The third-order valence-corrected chi connectivity index (χ3v) is 7.38. The van der Waals surface area contributed by atoms with E-state index in [4.69, 9.17) is 9.97 Å². The Hall–Kier alpha value is -0.750. The second kappa shape index (κ2) is 6.16. The molecule has 3 rings (SSSR count). The van der Waals surface area contributed by atoms with Crippen LogP contribution in [0.25, 0.3) is 0 Å². The molecule has 2 heterocycles. The first-order chi connectivity index (χ1) is 10.1. The lowest BCUT2D eigenvalue weighted by Gasteiger charge is -2.29. The molecule has 0 amide bonds. The normalized spacial score (nSPS) is 29.0. The lowest BCUT2D eigenvalue weighted by atomic mass is 9.86. The van der Waals surface area contributed by atoms with E-state index in [1.54, 1.807) is 0 Å². The first-order valence-electron chi connectivity index (χ1n) is 7.38. The molecule has 1 aromatic rings. The van der Waals surface area contributed by atoms with Crippen molar-refractivity contribution in [1.82, 2.24) is 9.97 Å². The maximum atomic E-state index is 11.2. The van der Waals surface area contributed by atoms with Gasteiger partial charge in [0.1, 0.15) is 5.82 Å². The van der Waals surface area contributed by atoms with Gasteiger partial charge in [-0.25, -0.2) is 9.97 Å². The van der Waals surface area contributed by atoms with Gasteiger partial charge in [-0.15, -0.1) is 11.8 Å². The van der Waals surface area contributed by atoms with E-state index >= 15 is 0 Å². The number of thioether (sulfide) groups is 2. The summed E-state index contributed by atoms with van der Waals surface area (Å²) in [7, 11) is 0. The fourth-order valence-corrected chi connectivity index (χ4v) is 5.75. The Morgan fingerprint density at radius 3 is 2.76 bits per heavy atom. The van der Waals surface area contributed by atoms with Crippen LogP contribution in [0.4, 0.5) is 0 Å². The molecule has 0 saturated carbocycles. The van der Waals surface area contributed by atoms with Gasteiger partial charge < -0.3 is 5.11 Å². The van der Waals surface area contributed by atoms with Crippen molar-refractivity contribution in [2.75, 3.05) is 11.5 Å². The zero-order chi connectivity index (χ0) is 15.0. The lowest BCUT2D eigenvalue weighted by molar-refractivity contribution is -0.142. The van der Waals surface area contributed by atoms with Crippen molar-refractivity contribution < 1.29 is 9.90 Å². The zero-order valence-electron chi connectivity index (χ0n) is 12.3. The molecule has 114 valence electrons. The summed E-state index contributed by atoms with van der Waals surface area (Å²) < 4.78 is 0. The van der Waals surface area contributed by atoms with Crippen molar-refractivity contribution in [2.45, 2.75) is 43.6 Å². The summed E-state index contributed by atoms with van der Waals surface area (Å²) >= 11 is 3.94. The Bertz CT molecular complexity index is 565. The summed E-state index contributed by atoms with van der Waals surface area (Å²) in [6.07, 6.45) is 2.04. The van der Waals surface area contributed by atoms with Crippen molar-refractivity contribution >= 4 is 29.5 Å². The number of aromatic nitrogens is 2. The summed E-state index contributed by atoms with van der Waals surface area (Å²) in [5.74, 6) is 2.33. The van der Waals surface area contributed by atoms with Crippen LogP contribution in [0.2, 0.25) is 0 Å². The minimum Gasteiger partial charge on any atom is -0.481 e. The van der Waals surface area contributed by atoms with E-state index in [1.807, 2.05) is 30.4 Å². The van der Waals surface area contributed by atoms with Crippen LogP contribution in [0.3, 0.4) is 0 Å². The van der Waals surface area contributed by atoms with E-state index in [2.05, 4.69) is 6.92 Å². The van der Waals surface area contributed by atoms with E-state index in [9.17, 15) is 9.90 Å². The van der Waals surface area contributed by atoms with Gasteiger partial charge in [-0.3, -0.25) is 4.79 Å². The van der Waals surface area contributed by atoms with Crippen LogP contribution in [0, 0.1) is 12.8 Å². The number of aliphatic carboxylic acids is 1. The molecule has 1 fully saturated rings. The van der Waals surface area contributed by atoms with Crippen LogP contribution >= 0.6 is 23.5 Å². The zero-order valence-corrected chi connectivity index (χ0v) is 14.0. The van der Waals surface area contributed by atoms with Gasteiger partial charge in [0.05, 0.1) is 11.2 Å². The van der Waals surface area contributed by atoms with Gasteiger partial charge in [0.25, 0.3) is 0 Å². The molecule has 21 heavy (non-hydrogen) atoms. The molecular formula is C15H20N2O2S2. The Labute approximate surface area is 133 Å². The maximum Gasteiger partial charge on any atom is 0.306 e.